The Morgan fingerprint density at radius 2 is 1.90 bits per heavy atom. The zero-order valence-electron chi connectivity index (χ0n) is 14.3. The van der Waals surface area contributed by atoms with Gasteiger partial charge in [-0.15, -0.1) is 0 Å². The number of nitrogens with one attached hydrogen (secondary N) is 1. The molecule has 1 saturated carbocycles. The van der Waals surface area contributed by atoms with Gasteiger partial charge < -0.3 is 11.1 Å². The lowest BCUT2D eigenvalue weighted by atomic mass is 9.74. The van der Waals surface area contributed by atoms with Crippen LogP contribution < -0.4 is 11.1 Å². The summed E-state index contributed by atoms with van der Waals surface area (Å²) >= 11 is 0. The van der Waals surface area contributed by atoms with Crippen molar-refractivity contribution in [1.29, 1.82) is 0 Å². The highest BCUT2D eigenvalue weighted by Crippen LogP contribution is 2.37. The van der Waals surface area contributed by atoms with Crippen molar-refractivity contribution in [3.8, 4) is 0 Å². The van der Waals surface area contributed by atoms with Crippen molar-refractivity contribution in [2.45, 2.75) is 71.3 Å². The van der Waals surface area contributed by atoms with Crippen LogP contribution in [0.1, 0.15) is 65.7 Å². The van der Waals surface area contributed by atoms with Crippen LogP contribution in [-0.2, 0) is 4.79 Å². The van der Waals surface area contributed by atoms with Crippen molar-refractivity contribution in [1.82, 2.24) is 10.2 Å². The van der Waals surface area contributed by atoms with Crippen LogP contribution in [-0.4, -0.2) is 42.5 Å². The van der Waals surface area contributed by atoms with E-state index in [2.05, 4.69) is 31.0 Å². The molecule has 21 heavy (non-hydrogen) atoms. The van der Waals surface area contributed by atoms with Gasteiger partial charge in [0.1, 0.15) is 0 Å². The zero-order valence-corrected chi connectivity index (χ0v) is 14.3. The summed E-state index contributed by atoms with van der Waals surface area (Å²) in [6, 6.07) is 0. The Balaban J connectivity index is 2.69. The number of carbonyl (C=O) groups excluding carboxylic acids is 1. The quantitative estimate of drug-likeness (QED) is 0.687. The monoisotopic (exact) mass is 297 g/mol. The second-order valence-electron chi connectivity index (χ2n) is 6.55. The molecule has 124 valence electrons. The average Bonchev–Trinajstić information content (AvgIpc) is 2.52. The largest absolute Gasteiger partial charge is 0.355 e. The van der Waals surface area contributed by atoms with Crippen molar-refractivity contribution in [2.24, 2.45) is 11.7 Å². The Bertz CT molecular complexity index is 298. The van der Waals surface area contributed by atoms with Gasteiger partial charge in [0.25, 0.3) is 0 Å². The molecule has 1 fully saturated rings. The molecule has 4 nitrogen and oxygen atoms in total. The van der Waals surface area contributed by atoms with Gasteiger partial charge in [-0.05, 0) is 51.0 Å². The van der Waals surface area contributed by atoms with Gasteiger partial charge in [0, 0.05) is 18.6 Å². The van der Waals surface area contributed by atoms with Crippen LogP contribution in [0, 0.1) is 5.92 Å². The maximum Gasteiger partial charge on any atom is 0.234 e. The molecule has 1 aliphatic carbocycles. The first-order chi connectivity index (χ1) is 10.1. The van der Waals surface area contributed by atoms with Crippen LogP contribution in [0.2, 0.25) is 0 Å². The number of carbonyl (C=O) groups is 1. The number of rotatable bonds is 9. The van der Waals surface area contributed by atoms with E-state index in [1.165, 1.54) is 19.3 Å². The molecule has 1 aliphatic rings. The van der Waals surface area contributed by atoms with Crippen LogP contribution >= 0.6 is 0 Å². The predicted octanol–water partition coefficient (Wildman–Crippen LogP) is 2.52. The molecular weight excluding hydrogens is 262 g/mol. The van der Waals surface area contributed by atoms with Crippen LogP contribution in [0.5, 0.6) is 0 Å². The number of amides is 1. The van der Waals surface area contributed by atoms with Gasteiger partial charge in [0.2, 0.25) is 5.91 Å². The van der Waals surface area contributed by atoms with Crippen LogP contribution in [0.15, 0.2) is 0 Å². The first kappa shape index (κ1) is 18.4. The highest BCUT2D eigenvalue weighted by molar-refractivity contribution is 5.78. The molecular formula is C17H35N3O. The molecule has 0 atom stereocenters. The summed E-state index contributed by atoms with van der Waals surface area (Å²) < 4.78 is 0. The molecule has 1 rings (SSSR count). The minimum absolute atomic E-state index is 0.0469. The second-order valence-corrected chi connectivity index (χ2v) is 6.55. The third-order valence-corrected chi connectivity index (χ3v) is 5.06. The third-order valence-electron chi connectivity index (χ3n) is 5.06. The molecule has 3 N–H and O–H groups in total. The molecule has 0 heterocycles. The molecule has 0 aromatic heterocycles. The van der Waals surface area contributed by atoms with Gasteiger partial charge in [0.05, 0.1) is 6.54 Å². The molecule has 0 aromatic carbocycles. The van der Waals surface area contributed by atoms with Crippen molar-refractivity contribution in [3.05, 3.63) is 0 Å². The SMILES string of the molecule is CCCNC(=O)CN(CCC)C1(CN)CCC(CC)CC1. The van der Waals surface area contributed by atoms with Gasteiger partial charge >= 0.3 is 0 Å². The van der Waals surface area contributed by atoms with Crippen molar-refractivity contribution in [2.75, 3.05) is 26.2 Å². The predicted molar refractivity (Wildman–Crippen MR) is 89.2 cm³/mol. The molecule has 0 aromatic rings. The first-order valence-electron chi connectivity index (χ1n) is 8.83. The maximum absolute atomic E-state index is 12.1. The highest BCUT2D eigenvalue weighted by Gasteiger charge is 2.39. The van der Waals surface area contributed by atoms with Crippen molar-refractivity contribution >= 4 is 5.91 Å². The number of hydrogen-bond donors (Lipinski definition) is 2. The second kappa shape index (κ2) is 9.42. The maximum atomic E-state index is 12.1. The van der Waals surface area contributed by atoms with Gasteiger partial charge in [-0.2, -0.15) is 0 Å². The Kier molecular flexibility index (Phi) is 8.27. The fraction of sp³-hybridized carbons (Fsp3) is 0.941. The summed E-state index contributed by atoms with van der Waals surface area (Å²) in [6.45, 7) is 9.45. The van der Waals surface area contributed by atoms with Crippen LogP contribution in [0.25, 0.3) is 0 Å². The van der Waals surface area contributed by atoms with E-state index in [-0.39, 0.29) is 11.4 Å². The minimum atomic E-state index is 0.0469. The summed E-state index contributed by atoms with van der Waals surface area (Å²) in [6.07, 6.45) is 8.12. The lowest BCUT2D eigenvalue weighted by Crippen LogP contribution is -2.58. The molecule has 0 aliphatic heterocycles. The fourth-order valence-corrected chi connectivity index (χ4v) is 3.52. The Labute approximate surface area is 130 Å². The lowest BCUT2D eigenvalue weighted by molar-refractivity contribution is -0.124. The molecule has 0 spiro atoms. The summed E-state index contributed by atoms with van der Waals surface area (Å²) in [4.78, 5) is 14.5. The Morgan fingerprint density at radius 3 is 2.38 bits per heavy atom. The van der Waals surface area contributed by atoms with Gasteiger partial charge in [0.15, 0.2) is 0 Å². The van der Waals surface area contributed by atoms with Crippen LogP contribution in [0.3, 0.4) is 0 Å². The normalized spacial score (nSPS) is 26.0. The fourth-order valence-electron chi connectivity index (χ4n) is 3.52. The van der Waals surface area contributed by atoms with Gasteiger partial charge in [-0.3, -0.25) is 9.69 Å². The third kappa shape index (κ3) is 5.26. The molecule has 0 saturated heterocycles. The highest BCUT2D eigenvalue weighted by atomic mass is 16.2. The number of nitrogens with two attached hydrogens (primary N) is 1. The molecule has 1 amide bonds. The molecule has 0 unspecified atom stereocenters. The van der Waals surface area contributed by atoms with E-state index in [0.717, 1.165) is 44.7 Å². The average molecular weight is 297 g/mol. The molecule has 0 bridgehead atoms. The van der Waals surface area contributed by atoms with Crippen molar-refractivity contribution in [3.63, 3.8) is 0 Å². The van der Waals surface area contributed by atoms with E-state index in [4.69, 9.17) is 5.73 Å². The standard InChI is InChI=1S/C17H35N3O/c1-4-11-19-16(21)13-20(12-5-2)17(14-18)9-7-15(6-3)8-10-17/h15H,4-14,18H2,1-3H3,(H,19,21). The smallest absolute Gasteiger partial charge is 0.234 e. The van der Waals surface area contributed by atoms with Gasteiger partial charge in [-0.25, -0.2) is 0 Å². The summed E-state index contributed by atoms with van der Waals surface area (Å²) in [5.74, 6) is 0.998. The number of nitrogens with zero attached hydrogens (tertiary/aromatic N) is 1. The summed E-state index contributed by atoms with van der Waals surface area (Å²) in [5.41, 5.74) is 6.21. The summed E-state index contributed by atoms with van der Waals surface area (Å²) in [5, 5.41) is 3.00. The van der Waals surface area contributed by atoms with Crippen LogP contribution in [0.4, 0.5) is 0 Å². The van der Waals surface area contributed by atoms with Crippen molar-refractivity contribution < 1.29 is 4.79 Å². The lowest BCUT2D eigenvalue weighted by Gasteiger charge is -2.47. The molecule has 0 radical (unpaired) electrons. The van der Waals surface area contributed by atoms with E-state index < -0.39 is 0 Å². The van der Waals surface area contributed by atoms with Gasteiger partial charge in [-0.1, -0.05) is 27.2 Å². The van der Waals surface area contributed by atoms with E-state index in [0.29, 0.717) is 13.1 Å². The summed E-state index contributed by atoms with van der Waals surface area (Å²) in [7, 11) is 0. The van der Waals surface area contributed by atoms with E-state index >= 15 is 0 Å². The first-order valence-corrected chi connectivity index (χ1v) is 8.83. The van der Waals surface area contributed by atoms with E-state index in [9.17, 15) is 4.79 Å². The Morgan fingerprint density at radius 1 is 1.24 bits per heavy atom. The zero-order chi connectivity index (χ0) is 15.7. The van der Waals surface area contributed by atoms with E-state index in [1.807, 2.05) is 0 Å². The Hall–Kier alpha value is -0.610. The number of hydrogen-bond acceptors (Lipinski definition) is 3. The topological polar surface area (TPSA) is 58.4 Å². The molecule has 4 heteroatoms. The van der Waals surface area contributed by atoms with E-state index in [1.54, 1.807) is 0 Å². The minimum Gasteiger partial charge on any atom is -0.355 e.